The van der Waals surface area contributed by atoms with E-state index in [1.54, 1.807) is 12.3 Å². The maximum absolute atomic E-state index is 11.5. The number of rotatable bonds is 2. The molecular weight excluding hydrogens is 272 g/mol. The first-order chi connectivity index (χ1) is 9.72. The predicted octanol–water partition coefficient (Wildman–Crippen LogP) is 3.07. The van der Waals surface area contributed by atoms with Crippen molar-refractivity contribution in [1.82, 2.24) is 10.3 Å². The highest BCUT2D eigenvalue weighted by Gasteiger charge is 2.25. The second kappa shape index (κ2) is 5.30. The van der Waals surface area contributed by atoms with Crippen molar-refractivity contribution in [2.75, 3.05) is 0 Å². The van der Waals surface area contributed by atoms with Crippen LogP contribution in [0.1, 0.15) is 5.69 Å². The van der Waals surface area contributed by atoms with Gasteiger partial charge in [0.15, 0.2) is 0 Å². The zero-order valence-corrected chi connectivity index (χ0v) is 11.2. The van der Waals surface area contributed by atoms with Crippen LogP contribution in [-0.2, 0) is 4.79 Å². The van der Waals surface area contributed by atoms with Crippen LogP contribution >= 0.6 is 11.8 Å². The van der Waals surface area contributed by atoms with Crippen LogP contribution in [0.2, 0.25) is 0 Å². The lowest BCUT2D eigenvalue weighted by molar-refractivity contribution is -0.115. The van der Waals surface area contributed by atoms with Gasteiger partial charge in [-0.3, -0.25) is 19.9 Å². The second-order valence-corrected chi connectivity index (χ2v) is 5.20. The molecule has 1 aliphatic heterocycles. The van der Waals surface area contributed by atoms with Gasteiger partial charge in [-0.15, -0.1) is 0 Å². The number of pyridine rings is 1. The Kier molecular flexibility index (Phi) is 3.35. The third kappa shape index (κ3) is 2.62. The van der Waals surface area contributed by atoms with E-state index in [-0.39, 0.29) is 11.1 Å². The summed E-state index contributed by atoms with van der Waals surface area (Å²) in [6.07, 6.45) is 3.31. The molecule has 1 aliphatic rings. The van der Waals surface area contributed by atoms with Crippen molar-refractivity contribution in [3.8, 4) is 11.1 Å². The zero-order chi connectivity index (χ0) is 13.9. The number of hydrogen-bond donors (Lipinski definition) is 1. The number of carbonyl (C=O) groups is 2. The Bertz CT molecular complexity index is 711. The number of amides is 2. The molecule has 1 N–H and O–H groups in total. The lowest BCUT2D eigenvalue weighted by Gasteiger charge is -2.02. The SMILES string of the molecule is O=C1NC(=O)/C(=C/c2cc(-c3ccccc3)ccn2)S1. The molecule has 0 saturated carbocycles. The predicted molar refractivity (Wildman–Crippen MR) is 78.8 cm³/mol. The van der Waals surface area contributed by atoms with Crippen molar-refractivity contribution in [3.05, 3.63) is 59.3 Å². The van der Waals surface area contributed by atoms with E-state index in [1.165, 1.54) is 0 Å². The van der Waals surface area contributed by atoms with E-state index in [9.17, 15) is 9.59 Å². The number of nitrogens with zero attached hydrogens (tertiary/aromatic N) is 1. The van der Waals surface area contributed by atoms with Gasteiger partial charge in [0, 0.05) is 6.20 Å². The molecule has 98 valence electrons. The van der Waals surface area contributed by atoms with E-state index in [0.29, 0.717) is 10.6 Å². The van der Waals surface area contributed by atoms with Crippen LogP contribution in [0.3, 0.4) is 0 Å². The maximum Gasteiger partial charge on any atom is 0.290 e. The Balaban J connectivity index is 1.95. The van der Waals surface area contributed by atoms with Gasteiger partial charge in [0.2, 0.25) is 0 Å². The standard InChI is InChI=1S/C15H10N2O2S/c18-14-13(20-15(19)17-14)9-12-8-11(6-7-16-12)10-4-2-1-3-5-10/h1-9H,(H,17,18,19)/b13-9-. The first-order valence-electron chi connectivity index (χ1n) is 5.99. The van der Waals surface area contributed by atoms with Crippen molar-refractivity contribution < 1.29 is 9.59 Å². The zero-order valence-electron chi connectivity index (χ0n) is 10.4. The molecule has 20 heavy (non-hydrogen) atoms. The molecule has 0 spiro atoms. The molecule has 0 aliphatic carbocycles. The number of nitrogens with one attached hydrogen (secondary N) is 1. The molecule has 1 aromatic heterocycles. The molecule has 0 radical (unpaired) electrons. The minimum absolute atomic E-state index is 0.347. The average molecular weight is 282 g/mol. The van der Waals surface area contributed by atoms with E-state index in [2.05, 4.69) is 10.3 Å². The Labute approximate surface area is 119 Å². The lowest BCUT2D eigenvalue weighted by atomic mass is 10.1. The fourth-order valence-electron chi connectivity index (χ4n) is 1.89. The molecule has 5 heteroatoms. The van der Waals surface area contributed by atoms with Crippen LogP contribution in [0.4, 0.5) is 4.79 Å². The number of hydrogen-bond acceptors (Lipinski definition) is 4. The highest BCUT2D eigenvalue weighted by atomic mass is 32.2. The number of imide groups is 1. The second-order valence-electron chi connectivity index (χ2n) is 4.19. The van der Waals surface area contributed by atoms with Gasteiger partial charge in [-0.1, -0.05) is 30.3 Å². The van der Waals surface area contributed by atoms with Gasteiger partial charge in [-0.25, -0.2) is 0 Å². The van der Waals surface area contributed by atoms with E-state index in [4.69, 9.17) is 0 Å². The largest absolute Gasteiger partial charge is 0.290 e. The van der Waals surface area contributed by atoms with Crippen molar-refractivity contribution in [2.45, 2.75) is 0 Å². The Morgan fingerprint density at radius 3 is 2.55 bits per heavy atom. The van der Waals surface area contributed by atoms with Crippen LogP contribution in [0.15, 0.2) is 53.6 Å². The van der Waals surface area contributed by atoms with E-state index in [1.807, 2.05) is 42.5 Å². The Morgan fingerprint density at radius 1 is 1.05 bits per heavy atom. The monoisotopic (exact) mass is 282 g/mol. The van der Waals surface area contributed by atoms with Gasteiger partial charge >= 0.3 is 0 Å². The summed E-state index contributed by atoms with van der Waals surface area (Å²) < 4.78 is 0. The number of benzene rings is 1. The summed E-state index contributed by atoms with van der Waals surface area (Å²) in [4.78, 5) is 27.2. The molecule has 0 atom stereocenters. The minimum atomic E-state index is -0.369. The molecule has 2 amide bonds. The molecule has 1 aromatic carbocycles. The molecular formula is C15H10N2O2S. The molecule has 1 saturated heterocycles. The van der Waals surface area contributed by atoms with Crippen LogP contribution < -0.4 is 5.32 Å². The normalized spacial score (nSPS) is 16.5. The summed E-state index contributed by atoms with van der Waals surface area (Å²) >= 11 is 0.892. The van der Waals surface area contributed by atoms with Gasteiger partial charge in [0.25, 0.3) is 11.1 Å². The Hall–Kier alpha value is -2.40. The molecule has 2 heterocycles. The highest BCUT2D eigenvalue weighted by molar-refractivity contribution is 8.18. The van der Waals surface area contributed by atoms with Gasteiger partial charge in [-0.05, 0) is 41.1 Å². The van der Waals surface area contributed by atoms with E-state index < -0.39 is 0 Å². The van der Waals surface area contributed by atoms with Crippen molar-refractivity contribution in [1.29, 1.82) is 0 Å². The van der Waals surface area contributed by atoms with Crippen LogP contribution in [-0.4, -0.2) is 16.1 Å². The third-order valence-electron chi connectivity index (χ3n) is 2.81. The fourth-order valence-corrected chi connectivity index (χ4v) is 2.56. The molecule has 3 rings (SSSR count). The smallest absolute Gasteiger partial charge is 0.282 e. The molecule has 4 nitrogen and oxygen atoms in total. The van der Waals surface area contributed by atoms with E-state index in [0.717, 1.165) is 22.9 Å². The van der Waals surface area contributed by atoms with Gasteiger partial charge < -0.3 is 0 Å². The third-order valence-corrected chi connectivity index (χ3v) is 3.62. The quantitative estimate of drug-likeness (QED) is 0.860. The molecule has 0 unspecified atom stereocenters. The first-order valence-corrected chi connectivity index (χ1v) is 6.80. The number of carbonyl (C=O) groups excluding carboxylic acids is 2. The highest BCUT2D eigenvalue weighted by Crippen LogP contribution is 2.26. The molecule has 0 bridgehead atoms. The minimum Gasteiger partial charge on any atom is -0.282 e. The summed E-state index contributed by atoms with van der Waals surface area (Å²) in [5.41, 5.74) is 2.75. The Morgan fingerprint density at radius 2 is 1.85 bits per heavy atom. The summed E-state index contributed by atoms with van der Waals surface area (Å²) in [5, 5.41) is 1.88. The fraction of sp³-hybridized carbons (Fsp3) is 0. The number of aromatic nitrogens is 1. The van der Waals surface area contributed by atoms with Gasteiger partial charge in [0.05, 0.1) is 10.6 Å². The van der Waals surface area contributed by atoms with Gasteiger partial charge in [0.1, 0.15) is 0 Å². The van der Waals surface area contributed by atoms with Gasteiger partial charge in [-0.2, -0.15) is 0 Å². The summed E-state index contributed by atoms with van der Waals surface area (Å²) in [6.45, 7) is 0. The summed E-state index contributed by atoms with van der Waals surface area (Å²) in [7, 11) is 0. The summed E-state index contributed by atoms with van der Waals surface area (Å²) in [5.74, 6) is -0.369. The van der Waals surface area contributed by atoms with Crippen molar-refractivity contribution in [2.24, 2.45) is 0 Å². The molecule has 1 fully saturated rings. The average Bonchev–Trinajstić information content (AvgIpc) is 2.78. The van der Waals surface area contributed by atoms with Crippen LogP contribution in [0.25, 0.3) is 17.2 Å². The maximum atomic E-state index is 11.5. The van der Waals surface area contributed by atoms with E-state index >= 15 is 0 Å². The van der Waals surface area contributed by atoms with Crippen molar-refractivity contribution >= 4 is 29.0 Å². The van der Waals surface area contributed by atoms with Crippen LogP contribution in [0, 0.1) is 0 Å². The van der Waals surface area contributed by atoms with Crippen molar-refractivity contribution in [3.63, 3.8) is 0 Å². The first kappa shape index (κ1) is 12.6. The lowest BCUT2D eigenvalue weighted by Crippen LogP contribution is -2.17. The summed E-state index contributed by atoms with van der Waals surface area (Å²) in [6, 6.07) is 13.7. The molecule has 2 aromatic rings. The number of thioether (sulfide) groups is 1. The van der Waals surface area contributed by atoms with Crippen LogP contribution in [0.5, 0.6) is 0 Å². The topological polar surface area (TPSA) is 59.1 Å².